The number of ketones is 1. The average Bonchev–Trinajstić information content (AvgIpc) is 3.16. The van der Waals surface area contributed by atoms with Gasteiger partial charge in [0.15, 0.2) is 0 Å². The fraction of sp³-hybridized carbons (Fsp3) is 0.867. The van der Waals surface area contributed by atoms with Crippen molar-refractivity contribution in [3.05, 3.63) is 0 Å². The van der Waals surface area contributed by atoms with Gasteiger partial charge in [-0.05, 0) is 90.1 Å². The summed E-state index contributed by atoms with van der Waals surface area (Å²) in [7, 11) is 0. The zero-order chi connectivity index (χ0) is 44.9. The molecule has 0 aromatic carbocycles. The molecule has 4 N–H and O–H groups in total. The van der Waals surface area contributed by atoms with E-state index in [0.717, 1.165) is 57.8 Å². The molecule has 0 aliphatic rings. The number of ether oxygens (including phenoxy) is 4. The van der Waals surface area contributed by atoms with Crippen LogP contribution >= 0.6 is 11.8 Å². The van der Waals surface area contributed by atoms with E-state index in [1.807, 2.05) is 20.8 Å². The van der Waals surface area contributed by atoms with Crippen LogP contribution in [-0.4, -0.2) is 116 Å². The van der Waals surface area contributed by atoms with Crippen LogP contribution in [0.15, 0.2) is 0 Å². The van der Waals surface area contributed by atoms with Gasteiger partial charge in [-0.2, -0.15) is 11.8 Å². The molecule has 0 aliphatic carbocycles. The topological polar surface area (TPSA) is 196 Å². The van der Waals surface area contributed by atoms with Gasteiger partial charge in [-0.15, -0.1) is 0 Å². The molecule has 0 aliphatic heterocycles. The molecule has 0 radical (unpaired) electrons. The van der Waals surface area contributed by atoms with E-state index < -0.39 is 29.5 Å². The molecule has 60 heavy (non-hydrogen) atoms. The van der Waals surface area contributed by atoms with Crippen LogP contribution in [0.3, 0.4) is 0 Å². The number of carboxylic acids is 1. The smallest absolute Gasteiger partial charge is 0.329 e. The zero-order valence-electron chi connectivity index (χ0n) is 38.2. The first-order valence-corrected chi connectivity index (χ1v) is 23.8. The van der Waals surface area contributed by atoms with E-state index in [2.05, 4.69) is 27.7 Å². The molecule has 0 bridgehead atoms. The van der Waals surface area contributed by atoms with E-state index in [9.17, 15) is 28.8 Å². The van der Waals surface area contributed by atoms with Crippen molar-refractivity contribution in [2.24, 2.45) is 5.41 Å². The number of amides is 3. The van der Waals surface area contributed by atoms with Crippen molar-refractivity contribution in [2.45, 2.75) is 182 Å². The highest BCUT2D eigenvalue weighted by Crippen LogP contribution is 2.19. The largest absolute Gasteiger partial charge is 0.481 e. The number of carboxylic acid groups (broad SMARTS) is 1. The minimum absolute atomic E-state index is 0.0489. The van der Waals surface area contributed by atoms with Gasteiger partial charge in [0.2, 0.25) is 17.7 Å². The van der Waals surface area contributed by atoms with Gasteiger partial charge in [0, 0.05) is 63.8 Å². The molecule has 0 saturated carbocycles. The molecule has 0 saturated heterocycles. The van der Waals surface area contributed by atoms with Crippen molar-refractivity contribution in [1.29, 1.82) is 0 Å². The number of thioether (sulfide) groups is 1. The molecule has 0 aromatic rings. The molecule has 0 heterocycles. The number of carbonyl (C=O) groups excluding carboxylic acids is 5. The number of hydrogen-bond donors (Lipinski definition) is 4. The van der Waals surface area contributed by atoms with Crippen molar-refractivity contribution >= 4 is 47.2 Å². The Hall–Kier alpha value is -2.75. The summed E-state index contributed by atoms with van der Waals surface area (Å²) in [5.41, 5.74) is -0.988. The number of esters is 1. The van der Waals surface area contributed by atoms with Crippen LogP contribution in [0.4, 0.5) is 0 Å². The molecule has 3 amide bonds. The number of rotatable bonds is 40. The predicted molar refractivity (Wildman–Crippen MR) is 238 cm³/mol. The number of aliphatic carboxylic acids is 1. The maximum absolute atomic E-state index is 12.4. The first-order chi connectivity index (χ1) is 28.5. The molecule has 1 unspecified atom stereocenters. The normalized spacial score (nSPS) is 12.2. The first kappa shape index (κ1) is 57.2. The van der Waals surface area contributed by atoms with Crippen LogP contribution in [0, 0.1) is 5.41 Å². The number of hydrogen-bond acceptors (Lipinski definition) is 11. The Morgan fingerprint density at radius 3 is 1.55 bits per heavy atom. The number of carbonyl (C=O) groups is 6. The molecular weight excluding hydrogens is 791 g/mol. The highest BCUT2D eigenvalue weighted by Gasteiger charge is 2.27. The monoisotopic (exact) mass is 874 g/mol. The van der Waals surface area contributed by atoms with Gasteiger partial charge in [0.25, 0.3) is 0 Å². The Morgan fingerprint density at radius 1 is 0.517 bits per heavy atom. The first-order valence-electron chi connectivity index (χ1n) is 22.6. The van der Waals surface area contributed by atoms with Gasteiger partial charge in [0.05, 0.1) is 26.4 Å². The third-order valence-electron chi connectivity index (χ3n) is 9.29. The SMILES string of the molecule is CC(C)(C)OC(=O)C(CCC(=O)O)NC(=O)CCC(=O)NCCCCCOCCOCCOCCCNC(=O)CCCCCCCSCCCCCCCC(=O)C(C)(C)C. The van der Waals surface area contributed by atoms with E-state index in [1.54, 1.807) is 20.8 Å². The van der Waals surface area contributed by atoms with E-state index >= 15 is 0 Å². The summed E-state index contributed by atoms with van der Waals surface area (Å²) in [6.45, 7) is 15.2. The van der Waals surface area contributed by atoms with E-state index in [1.165, 1.54) is 50.0 Å². The summed E-state index contributed by atoms with van der Waals surface area (Å²) < 4.78 is 22.0. The van der Waals surface area contributed by atoms with E-state index in [4.69, 9.17) is 24.1 Å². The van der Waals surface area contributed by atoms with Gasteiger partial charge in [-0.1, -0.05) is 59.3 Å². The molecule has 0 fully saturated rings. The second kappa shape index (κ2) is 36.9. The van der Waals surface area contributed by atoms with Crippen LogP contribution < -0.4 is 16.0 Å². The highest BCUT2D eigenvalue weighted by molar-refractivity contribution is 7.99. The van der Waals surface area contributed by atoms with Crippen LogP contribution in [-0.2, 0) is 47.7 Å². The number of nitrogens with one attached hydrogen (secondary N) is 3. The van der Waals surface area contributed by atoms with Gasteiger partial charge in [0.1, 0.15) is 17.4 Å². The van der Waals surface area contributed by atoms with Crippen molar-refractivity contribution in [3.63, 3.8) is 0 Å². The van der Waals surface area contributed by atoms with Crippen LogP contribution in [0.2, 0.25) is 0 Å². The zero-order valence-corrected chi connectivity index (χ0v) is 39.0. The van der Waals surface area contributed by atoms with Crippen molar-refractivity contribution in [1.82, 2.24) is 16.0 Å². The summed E-state index contributed by atoms with van der Waals surface area (Å²) in [4.78, 5) is 71.8. The molecule has 14 nitrogen and oxygen atoms in total. The van der Waals surface area contributed by atoms with Crippen LogP contribution in [0.25, 0.3) is 0 Å². The lowest BCUT2D eigenvalue weighted by atomic mass is 9.88. The average molecular weight is 874 g/mol. The molecule has 0 aromatic heterocycles. The van der Waals surface area contributed by atoms with Gasteiger partial charge < -0.3 is 40.0 Å². The minimum Gasteiger partial charge on any atom is -0.481 e. The van der Waals surface area contributed by atoms with Gasteiger partial charge >= 0.3 is 11.9 Å². The quantitative estimate of drug-likeness (QED) is 0.0354. The predicted octanol–water partition coefficient (Wildman–Crippen LogP) is 7.33. The molecule has 15 heteroatoms. The van der Waals surface area contributed by atoms with Crippen molar-refractivity contribution < 1.29 is 52.8 Å². The number of unbranched alkanes of at least 4 members (excludes halogenated alkanes) is 10. The van der Waals surface area contributed by atoms with Crippen LogP contribution in [0.1, 0.15) is 170 Å². The summed E-state index contributed by atoms with van der Waals surface area (Å²) in [6.07, 6.45) is 15.6. The summed E-state index contributed by atoms with van der Waals surface area (Å²) in [5.74, 6) is 0.338. The number of Topliss-reactive ketones (excluding diaryl/α,β-unsaturated/α-hetero) is 1. The Labute approximate surface area is 366 Å². The maximum Gasteiger partial charge on any atom is 0.329 e. The van der Waals surface area contributed by atoms with Gasteiger partial charge in [-0.3, -0.25) is 24.0 Å². The summed E-state index contributed by atoms with van der Waals surface area (Å²) in [5, 5.41) is 17.2. The Kier molecular flexibility index (Phi) is 35.2. The molecule has 1 atom stereocenters. The fourth-order valence-electron chi connectivity index (χ4n) is 5.75. The Bertz CT molecular complexity index is 1170. The molecule has 0 spiro atoms. The fourth-order valence-corrected chi connectivity index (χ4v) is 6.78. The third-order valence-corrected chi connectivity index (χ3v) is 10.4. The van der Waals surface area contributed by atoms with E-state index in [-0.39, 0.29) is 42.9 Å². The summed E-state index contributed by atoms with van der Waals surface area (Å²) in [6, 6.07) is -1.10. The second-order valence-electron chi connectivity index (χ2n) is 17.4. The van der Waals surface area contributed by atoms with Crippen molar-refractivity contribution in [3.8, 4) is 0 Å². The minimum atomic E-state index is -1.10. The molecular formula is C45H83N3O11S. The summed E-state index contributed by atoms with van der Waals surface area (Å²) >= 11 is 2.05. The second-order valence-corrected chi connectivity index (χ2v) is 18.6. The lowest BCUT2D eigenvalue weighted by molar-refractivity contribution is -0.159. The Morgan fingerprint density at radius 2 is 0.983 bits per heavy atom. The highest BCUT2D eigenvalue weighted by atomic mass is 32.2. The standard InChI is InChI=1S/C45H83N3O11S/c1-44(2,3)38(49)21-14-9-7-11-18-35-60-36-19-12-8-10-15-22-39(50)47-28-20-30-57-32-34-58-33-31-56-29-17-13-16-27-46-40(51)24-25-41(52)48-37(23-26-42(53)54)43(55)59-45(4,5)6/h37H,7-36H2,1-6H3,(H,46,51)(H,47,50)(H,48,52)(H,53,54). The van der Waals surface area contributed by atoms with Crippen molar-refractivity contribution in [2.75, 3.05) is 64.2 Å². The maximum atomic E-state index is 12.4. The van der Waals surface area contributed by atoms with E-state index in [0.29, 0.717) is 64.9 Å². The van der Waals surface area contributed by atoms with Gasteiger partial charge in [-0.25, -0.2) is 4.79 Å². The lowest BCUT2D eigenvalue weighted by Crippen LogP contribution is -2.44. The lowest BCUT2D eigenvalue weighted by Gasteiger charge is -2.24. The van der Waals surface area contributed by atoms with Crippen LogP contribution in [0.5, 0.6) is 0 Å². The third kappa shape index (κ3) is 39.4. The molecule has 0 rings (SSSR count). The Balaban J connectivity index is 3.51. The molecule has 350 valence electrons.